The summed E-state index contributed by atoms with van der Waals surface area (Å²) in [4.78, 5) is 7.09. The van der Waals surface area contributed by atoms with E-state index in [4.69, 9.17) is 4.74 Å². The van der Waals surface area contributed by atoms with E-state index in [1.807, 2.05) is 7.05 Å². The molecule has 162 valence electrons. The molecule has 1 aromatic carbocycles. The molecule has 3 fully saturated rings. The van der Waals surface area contributed by atoms with E-state index < -0.39 is 0 Å². The molecule has 2 saturated carbocycles. The van der Waals surface area contributed by atoms with Crippen LogP contribution in [0.3, 0.4) is 0 Å². The van der Waals surface area contributed by atoms with E-state index in [1.54, 1.807) is 0 Å². The highest BCUT2D eigenvalue weighted by Crippen LogP contribution is 2.57. The molecule has 29 heavy (non-hydrogen) atoms. The quantitative estimate of drug-likeness (QED) is 0.346. The number of nitrogens with zero attached hydrogens (tertiary/aromatic N) is 2. The third-order valence-corrected chi connectivity index (χ3v) is 7.15. The highest BCUT2D eigenvalue weighted by Gasteiger charge is 2.59. The van der Waals surface area contributed by atoms with Crippen molar-refractivity contribution >= 4 is 29.9 Å². The molecule has 2 aliphatic carbocycles. The first-order valence-electron chi connectivity index (χ1n) is 11.1. The third kappa shape index (κ3) is 5.07. The fraction of sp³-hybridized carbons (Fsp3) is 0.696. The minimum atomic E-state index is 0. The number of piperidine rings is 1. The first-order chi connectivity index (χ1) is 13.7. The Morgan fingerprint density at radius 1 is 1.17 bits per heavy atom. The minimum Gasteiger partial charge on any atom is -0.378 e. The Balaban J connectivity index is 0.00000240. The molecule has 1 saturated heterocycles. The lowest BCUT2D eigenvalue weighted by molar-refractivity contribution is -0.168. The standard InChI is InChI=1S/C23H36N4O.HI/c1-3-28-21-16-20(23(21)12-7-13-23)26-22(24-2)25-19-10-14-27(15-11-19)17-18-8-5-4-6-9-18;/h4-6,8-9,19-21H,3,7,10-17H2,1-2H3,(H2,24,25,26);1H. The number of hydrogen-bond donors (Lipinski definition) is 2. The van der Waals surface area contributed by atoms with Gasteiger partial charge < -0.3 is 15.4 Å². The van der Waals surface area contributed by atoms with Crippen LogP contribution in [-0.4, -0.2) is 55.8 Å². The van der Waals surface area contributed by atoms with Crippen LogP contribution in [-0.2, 0) is 11.3 Å². The Morgan fingerprint density at radius 2 is 1.90 bits per heavy atom. The van der Waals surface area contributed by atoms with Crippen molar-refractivity contribution in [1.29, 1.82) is 0 Å². The van der Waals surface area contributed by atoms with E-state index in [-0.39, 0.29) is 24.0 Å². The van der Waals surface area contributed by atoms with Gasteiger partial charge in [0.1, 0.15) is 0 Å². The average molecular weight is 512 g/mol. The van der Waals surface area contributed by atoms with Crippen LogP contribution in [0.5, 0.6) is 0 Å². The highest BCUT2D eigenvalue weighted by molar-refractivity contribution is 14.0. The Labute approximate surface area is 193 Å². The first kappa shape index (κ1) is 22.8. The smallest absolute Gasteiger partial charge is 0.191 e. The summed E-state index contributed by atoms with van der Waals surface area (Å²) in [5.74, 6) is 0.979. The van der Waals surface area contributed by atoms with Crippen LogP contribution in [0.15, 0.2) is 35.3 Å². The van der Waals surface area contributed by atoms with E-state index in [2.05, 4.69) is 57.8 Å². The molecule has 5 nitrogen and oxygen atoms in total. The Morgan fingerprint density at radius 3 is 2.48 bits per heavy atom. The Hall–Kier alpha value is -0.860. The van der Waals surface area contributed by atoms with Crippen LogP contribution in [0.25, 0.3) is 0 Å². The predicted octanol–water partition coefficient (Wildman–Crippen LogP) is 3.78. The van der Waals surface area contributed by atoms with Gasteiger partial charge in [0.2, 0.25) is 0 Å². The third-order valence-electron chi connectivity index (χ3n) is 7.15. The molecule has 2 unspecified atom stereocenters. The largest absolute Gasteiger partial charge is 0.378 e. The van der Waals surface area contributed by atoms with E-state index >= 15 is 0 Å². The molecule has 1 aliphatic heterocycles. The van der Waals surface area contributed by atoms with Gasteiger partial charge in [-0.2, -0.15) is 0 Å². The number of benzene rings is 1. The van der Waals surface area contributed by atoms with Crippen molar-refractivity contribution in [3.8, 4) is 0 Å². The predicted molar refractivity (Wildman–Crippen MR) is 130 cm³/mol. The molecule has 1 spiro atoms. The summed E-state index contributed by atoms with van der Waals surface area (Å²) in [5.41, 5.74) is 1.78. The molecule has 0 radical (unpaired) electrons. The molecular formula is C23H37IN4O. The summed E-state index contributed by atoms with van der Waals surface area (Å²) in [7, 11) is 1.89. The minimum absolute atomic E-state index is 0. The molecule has 0 amide bonds. The van der Waals surface area contributed by atoms with Crippen LogP contribution in [0.2, 0.25) is 0 Å². The summed E-state index contributed by atoms with van der Waals surface area (Å²) in [6.45, 7) is 6.28. The Bertz CT molecular complexity index is 656. The monoisotopic (exact) mass is 512 g/mol. The van der Waals surface area contributed by atoms with Gasteiger partial charge in [-0.15, -0.1) is 24.0 Å². The van der Waals surface area contributed by atoms with Crippen molar-refractivity contribution in [3.05, 3.63) is 35.9 Å². The molecule has 1 aromatic rings. The molecule has 2 N–H and O–H groups in total. The fourth-order valence-electron chi connectivity index (χ4n) is 5.25. The van der Waals surface area contributed by atoms with Gasteiger partial charge >= 0.3 is 0 Å². The molecule has 0 bridgehead atoms. The second-order valence-electron chi connectivity index (χ2n) is 8.72. The molecule has 3 aliphatic rings. The fourth-order valence-corrected chi connectivity index (χ4v) is 5.25. The number of likely N-dealkylation sites (tertiary alicyclic amines) is 1. The molecule has 1 heterocycles. The lowest BCUT2D eigenvalue weighted by Gasteiger charge is -2.61. The van der Waals surface area contributed by atoms with E-state index in [0.717, 1.165) is 38.6 Å². The van der Waals surface area contributed by atoms with Gasteiger partial charge in [-0.25, -0.2) is 0 Å². The summed E-state index contributed by atoms with van der Waals surface area (Å²) in [5, 5.41) is 7.42. The molecule has 2 atom stereocenters. The van der Waals surface area contributed by atoms with Crippen molar-refractivity contribution in [2.45, 2.75) is 70.2 Å². The second kappa shape index (κ2) is 10.4. The summed E-state index contributed by atoms with van der Waals surface area (Å²) < 4.78 is 5.99. The maximum atomic E-state index is 5.99. The summed E-state index contributed by atoms with van der Waals surface area (Å²) in [6.07, 6.45) is 7.84. The van der Waals surface area contributed by atoms with Crippen molar-refractivity contribution < 1.29 is 4.74 Å². The molecule has 6 heteroatoms. The summed E-state index contributed by atoms with van der Waals surface area (Å²) in [6, 6.07) is 11.8. The maximum Gasteiger partial charge on any atom is 0.191 e. The van der Waals surface area contributed by atoms with Gasteiger partial charge in [0.25, 0.3) is 0 Å². The summed E-state index contributed by atoms with van der Waals surface area (Å²) >= 11 is 0. The number of hydrogen-bond acceptors (Lipinski definition) is 3. The topological polar surface area (TPSA) is 48.9 Å². The number of nitrogens with one attached hydrogen (secondary N) is 2. The normalized spacial score (nSPS) is 26.9. The number of ether oxygens (including phenoxy) is 1. The first-order valence-corrected chi connectivity index (χ1v) is 11.1. The van der Waals surface area contributed by atoms with Gasteiger partial charge in [0.05, 0.1) is 6.10 Å². The molecule has 0 aromatic heterocycles. The maximum absolute atomic E-state index is 5.99. The van der Waals surface area contributed by atoms with Crippen LogP contribution < -0.4 is 10.6 Å². The van der Waals surface area contributed by atoms with Gasteiger partial charge in [0.15, 0.2) is 5.96 Å². The molecular weight excluding hydrogens is 475 g/mol. The second-order valence-corrected chi connectivity index (χ2v) is 8.72. The van der Waals surface area contributed by atoms with Gasteiger partial charge in [-0.3, -0.25) is 9.89 Å². The number of aliphatic imine (C=N–C) groups is 1. The van der Waals surface area contributed by atoms with E-state index in [1.165, 1.54) is 37.7 Å². The van der Waals surface area contributed by atoms with Gasteiger partial charge in [-0.1, -0.05) is 36.8 Å². The lowest BCUT2D eigenvalue weighted by Crippen LogP contribution is -2.69. The van der Waals surface area contributed by atoms with E-state index in [9.17, 15) is 0 Å². The zero-order chi connectivity index (χ0) is 19.4. The van der Waals surface area contributed by atoms with Crippen molar-refractivity contribution in [1.82, 2.24) is 15.5 Å². The van der Waals surface area contributed by atoms with E-state index in [0.29, 0.717) is 23.6 Å². The zero-order valence-corrected chi connectivity index (χ0v) is 20.2. The van der Waals surface area contributed by atoms with Crippen LogP contribution in [0.4, 0.5) is 0 Å². The Kier molecular flexibility index (Phi) is 8.22. The SMILES string of the molecule is CCOC1CC(NC(=NC)NC2CCN(Cc3ccccc3)CC2)C12CCC2.I. The number of guanidine groups is 1. The number of halogens is 1. The average Bonchev–Trinajstić information content (AvgIpc) is 2.67. The van der Waals surface area contributed by atoms with Crippen LogP contribution in [0.1, 0.15) is 51.0 Å². The van der Waals surface area contributed by atoms with Crippen molar-refractivity contribution in [3.63, 3.8) is 0 Å². The van der Waals surface area contributed by atoms with Gasteiger partial charge in [-0.05, 0) is 44.6 Å². The van der Waals surface area contributed by atoms with Crippen LogP contribution in [0, 0.1) is 5.41 Å². The van der Waals surface area contributed by atoms with Crippen LogP contribution >= 0.6 is 24.0 Å². The molecule has 4 rings (SSSR count). The van der Waals surface area contributed by atoms with Crippen molar-refractivity contribution in [2.75, 3.05) is 26.7 Å². The zero-order valence-electron chi connectivity index (χ0n) is 17.9. The van der Waals surface area contributed by atoms with Gasteiger partial charge in [0, 0.05) is 50.8 Å². The van der Waals surface area contributed by atoms with Crippen molar-refractivity contribution in [2.24, 2.45) is 10.4 Å². The highest BCUT2D eigenvalue weighted by atomic mass is 127. The number of rotatable bonds is 6. The lowest BCUT2D eigenvalue weighted by atomic mass is 9.51.